The second-order valence-corrected chi connectivity index (χ2v) is 6.32. The quantitative estimate of drug-likeness (QED) is 0.722. The molecule has 1 aliphatic rings. The summed E-state index contributed by atoms with van der Waals surface area (Å²) in [6, 6.07) is 19.2. The lowest BCUT2D eigenvalue weighted by Crippen LogP contribution is -2.23. The first-order valence-corrected chi connectivity index (χ1v) is 8.28. The third kappa shape index (κ3) is 3.59. The summed E-state index contributed by atoms with van der Waals surface area (Å²) in [5.41, 5.74) is 2.41. The fourth-order valence-corrected chi connectivity index (χ4v) is 3.54. The number of rotatable bonds is 4. The zero-order valence-corrected chi connectivity index (χ0v) is 13.0. The average molecular weight is 300 g/mol. The van der Waals surface area contributed by atoms with Crippen molar-refractivity contribution >= 4 is 17.3 Å². The lowest BCUT2D eigenvalue weighted by Gasteiger charge is -2.32. The Morgan fingerprint density at radius 3 is 2.24 bits per heavy atom. The van der Waals surface area contributed by atoms with E-state index < -0.39 is 0 Å². The van der Waals surface area contributed by atoms with Crippen LogP contribution in [-0.4, -0.2) is 0 Å². The summed E-state index contributed by atoms with van der Waals surface area (Å²) in [6.07, 6.45) is 6.68. The topological polar surface area (TPSA) is 12.0 Å². The van der Waals surface area contributed by atoms with E-state index in [-0.39, 0.29) is 0 Å². The molecule has 1 N–H and O–H groups in total. The molecule has 1 atom stereocenters. The van der Waals surface area contributed by atoms with E-state index >= 15 is 0 Å². The van der Waals surface area contributed by atoms with Gasteiger partial charge in [0.15, 0.2) is 0 Å². The van der Waals surface area contributed by atoms with Gasteiger partial charge in [-0.25, -0.2) is 0 Å². The van der Waals surface area contributed by atoms with Crippen LogP contribution in [0, 0.1) is 5.92 Å². The standard InChI is InChI=1S/C19H22ClN/c20-17-13-7-8-14-18(17)21-19(15-9-3-1-4-10-15)16-11-5-2-6-12-16/h1,3-4,7-10,13-14,16,19,21H,2,5-6,11-12H2. The highest BCUT2D eigenvalue weighted by molar-refractivity contribution is 6.33. The maximum Gasteiger partial charge on any atom is 0.0637 e. The van der Waals surface area contributed by atoms with Crippen molar-refractivity contribution in [3.63, 3.8) is 0 Å². The highest BCUT2D eigenvalue weighted by Crippen LogP contribution is 2.37. The first kappa shape index (κ1) is 14.5. The fourth-order valence-electron chi connectivity index (χ4n) is 3.35. The number of hydrogen-bond donors (Lipinski definition) is 1. The molecule has 1 nitrogen and oxygen atoms in total. The number of para-hydroxylation sites is 1. The highest BCUT2D eigenvalue weighted by atomic mass is 35.5. The molecule has 110 valence electrons. The summed E-state index contributed by atoms with van der Waals surface area (Å²) in [5, 5.41) is 4.50. The summed E-state index contributed by atoms with van der Waals surface area (Å²) in [5.74, 6) is 0.692. The van der Waals surface area contributed by atoms with Crippen LogP contribution in [0.15, 0.2) is 54.6 Å². The molecular formula is C19H22ClN. The predicted octanol–water partition coefficient (Wildman–Crippen LogP) is 6.07. The monoisotopic (exact) mass is 299 g/mol. The zero-order valence-electron chi connectivity index (χ0n) is 12.3. The van der Waals surface area contributed by atoms with Gasteiger partial charge >= 0.3 is 0 Å². The Balaban J connectivity index is 1.87. The van der Waals surface area contributed by atoms with E-state index in [9.17, 15) is 0 Å². The van der Waals surface area contributed by atoms with E-state index in [1.54, 1.807) is 0 Å². The summed E-state index contributed by atoms with van der Waals surface area (Å²) in [7, 11) is 0. The second kappa shape index (κ2) is 7.00. The van der Waals surface area contributed by atoms with Crippen LogP contribution in [0.2, 0.25) is 5.02 Å². The maximum absolute atomic E-state index is 6.33. The van der Waals surface area contributed by atoms with Gasteiger partial charge in [-0.2, -0.15) is 0 Å². The molecule has 2 aromatic rings. The molecule has 1 unspecified atom stereocenters. The first-order valence-electron chi connectivity index (χ1n) is 7.90. The molecule has 0 spiro atoms. The van der Waals surface area contributed by atoms with Crippen LogP contribution in [0.5, 0.6) is 0 Å². The number of benzene rings is 2. The van der Waals surface area contributed by atoms with E-state index in [0.717, 1.165) is 10.7 Å². The van der Waals surface area contributed by atoms with Gasteiger partial charge < -0.3 is 5.32 Å². The van der Waals surface area contributed by atoms with Gasteiger partial charge in [0.25, 0.3) is 0 Å². The van der Waals surface area contributed by atoms with E-state index in [0.29, 0.717) is 12.0 Å². The van der Waals surface area contributed by atoms with Crippen molar-refractivity contribution in [1.29, 1.82) is 0 Å². The largest absolute Gasteiger partial charge is 0.377 e. The Labute approximate surface area is 132 Å². The summed E-state index contributed by atoms with van der Waals surface area (Å²) in [6.45, 7) is 0. The molecule has 0 bridgehead atoms. The zero-order chi connectivity index (χ0) is 14.5. The molecule has 0 aromatic heterocycles. The summed E-state index contributed by atoms with van der Waals surface area (Å²) < 4.78 is 0. The Morgan fingerprint density at radius 2 is 1.52 bits per heavy atom. The Hall–Kier alpha value is -1.47. The third-order valence-electron chi connectivity index (χ3n) is 4.46. The van der Waals surface area contributed by atoms with Crippen LogP contribution in [0.1, 0.15) is 43.7 Å². The van der Waals surface area contributed by atoms with Crippen molar-refractivity contribution in [2.45, 2.75) is 38.1 Å². The van der Waals surface area contributed by atoms with Crippen LogP contribution in [-0.2, 0) is 0 Å². The Morgan fingerprint density at radius 1 is 0.857 bits per heavy atom. The third-order valence-corrected chi connectivity index (χ3v) is 4.79. The molecule has 3 rings (SSSR count). The second-order valence-electron chi connectivity index (χ2n) is 5.91. The molecular weight excluding hydrogens is 278 g/mol. The highest BCUT2D eigenvalue weighted by Gasteiger charge is 2.25. The van der Waals surface area contributed by atoms with E-state index in [2.05, 4.69) is 41.7 Å². The van der Waals surface area contributed by atoms with Gasteiger partial charge in [-0.1, -0.05) is 73.3 Å². The molecule has 2 heteroatoms. The van der Waals surface area contributed by atoms with Gasteiger partial charge in [0.2, 0.25) is 0 Å². The molecule has 2 aromatic carbocycles. The fraction of sp³-hybridized carbons (Fsp3) is 0.368. The molecule has 1 fully saturated rings. The van der Waals surface area contributed by atoms with Gasteiger partial charge in [0, 0.05) is 0 Å². The molecule has 0 heterocycles. The molecule has 0 aliphatic heterocycles. The van der Waals surface area contributed by atoms with Crippen LogP contribution < -0.4 is 5.32 Å². The number of nitrogens with one attached hydrogen (secondary N) is 1. The van der Waals surface area contributed by atoms with Gasteiger partial charge in [0.05, 0.1) is 16.8 Å². The minimum atomic E-state index is 0.353. The van der Waals surface area contributed by atoms with Crippen LogP contribution in [0.4, 0.5) is 5.69 Å². The van der Waals surface area contributed by atoms with Crippen molar-refractivity contribution in [3.05, 3.63) is 65.2 Å². The predicted molar refractivity (Wildman–Crippen MR) is 90.8 cm³/mol. The Bertz CT molecular complexity index is 561. The minimum absolute atomic E-state index is 0.353. The summed E-state index contributed by atoms with van der Waals surface area (Å²) in [4.78, 5) is 0. The van der Waals surface area contributed by atoms with Crippen molar-refractivity contribution in [1.82, 2.24) is 0 Å². The van der Waals surface area contributed by atoms with Crippen LogP contribution in [0.3, 0.4) is 0 Å². The normalized spacial score (nSPS) is 17.4. The van der Waals surface area contributed by atoms with Crippen molar-refractivity contribution in [2.24, 2.45) is 5.92 Å². The SMILES string of the molecule is Clc1ccccc1NC(c1ccccc1)C1CCCCC1. The van der Waals surface area contributed by atoms with Gasteiger partial charge in [-0.05, 0) is 36.5 Å². The minimum Gasteiger partial charge on any atom is -0.377 e. The first-order chi connectivity index (χ1) is 10.3. The van der Waals surface area contributed by atoms with Crippen LogP contribution in [0.25, 0.3) is 0 Å². The molecule has 0 radical (unpaired) electrons. The van der Waals surface area contributed by atoms with Crippen molar-refractivity contribution in [2.75, 3.05) is 5.32 Å². The van der Waals surface area contributed by atoms with E-state index in [4.69, 9.17) is 11.6 Å². The molecule has 1 saturated carbocycles. The maximum atomic E-state index is 6.33. The lowest BCUT2D eigenvalue weighted by molar-refractivity contribution is 0.321. The molecule has 21 heavy (non-hydrogen) atoms. The molecule has 0 saturated heterocycles. The molecule has 0 amide bonds. The van der Waals surface area contributed by atoms with Gasteiger partial charge in [-0.3, -0.25) is 0 Å². The van der Waals surface area contributed by atoms with E-state index in [1.165, 1.54) is 37.7 Å². The molecule has 1 aliphatic carbocycles. The van der Waals surface area contributed by atoms with Gasteiger partial charge in [0.1, 0.15) is 0 Å². The Kier molecular flexibility index (Phi) is 4.82. The average Bonchev–Trinajstić information content (AvgIpc) is 2.56. The van der Waals surface area contributed by atoms with Crippen molar-refractivity contribution < 1.29 is 0 Å². The van der Waals surface area contributed by atoms with Crippen molar-refractivity contribution in [3.8, 4) is 0 Å². The number of halogens is 1. The van der Waals surface area contributed by atoms with E-state index in [1.807, 2.05) is 18.2 Å². The lowest BCUT2D eigenvalue weighted by atomic mass is 9.81. The van der Waals surface area contributed by atoms with Gasteiger partial charge in [-0.15, -0.1) is 0 Å². The van der Waals surface area contributed by atoms with Crippen LogP contribution >= 0.6 is 11.6 Å². The smallest absolute Gasteiger partial charge is 0.0637 e. The summed E-state index contributed by atoms with van der Waals surface area (Å²) >= 11 is 6.33. The number of anilines is 1. The number of hydrogen-bond acceptors (Lipinski definition) is 1.